The van der Waals surface area contributed by atoms with E-state index in [1.807, 2.05) is 36.4 Å². The molecule has 36 heavy (non-hydrogen) atoms. The van der Waals surface area contributed by atoms with Crippen LogP contribution < -0.4 is 15.2 Å². The van der Waals surface area contributed by atoms with Crippen LogP contribution in [0, 0.1) is 28.9 Å². The molecule has 1 heterocycles. The van der Waals surface area contributed by atoms with Gasteiger partial charge in [-0.25, -0.2) is 4.39 Å². The highest BCUT2D eigenvalue weighted by atomic mass is 32.2. The molecule has 1 aromatic heterocycles. The molecule has 0 saturated heterocycles. The molecule has 1 amide bonds. The minimum Gasteiger partial charge on any atom is -0.485 e. The van der Waals surface area contributed by atoms with Gasteiger partial charge in [0.25, 0.3) is 11.8 Å². The predicted molar refractivity (Wildman–Crippen MR) is 125 cm³/mol. The Morgan fingerprint density at radius 3 is 2.42 bits per heavy atom. The van der Waals surface area contributed by atoms with E-state index < -0.39 is 34.3 Å². The average Bonchev–Trinajstić information content (AvgIpc) is 2.89. The molecule has 3 aromatic carbocycles. The highest BCUT2D eigenvalue weighted by Gasteiger charge is 2.25. The number of pyridine rings is 1. The van der Waals surface area contributed by atoms with Crippen LogP contribution in [0.4, 0.5) is 13.2 Å². The van der Waals surface area contributed by atoms with Crippen molar-refractivity contribution in [2.75, 3.05) is 0 Å². The molecule has 0 spiro atoms. The van der Waals surface area contributed by atoms with Crippen LogP contribution in [0.25, 0.3) is 0 Å². The van der Waals surface area contributed by atoms with E-state index in [9.17, 15) is 18.8 Å². The van der Waals surface area contributed by atoms with E-state index in [0.717, 1.165) is 5.56 Å². The van der Waals surface area contributed by atoms with Gasteiger partial charge < -0.3 is 15.2 Å². The lowest BCUT2D eigenvalue weighted by molar-refractivity contribution is 0.0997. The first-order valence-electron chi connectivity index (χ1n) is 10.4. The van der Waals surface area contributed by atoms with E-state index in [-0.39, 0.29) is 34.1 Å². The minimum atomic E-state index is -1.62. The Balaban J connectivity index is 1.70. The van der Waals surface area contributed by atoms with Crippen molar-refractivity contribution in [3.63, 3.8) is 0 Å². The molecule has 4 rings (SSSR count). The van der Waals surface area contributed by atoms with Crippen LogP contribution in [-0.4, -0.2) is 10.9 Å². The van der Waals surface area contributed by atoms with Gasteiger partial charge in [0.05, 0.1) is 22.1 Å². The largest absolute Gasteiger partial charge is 0.485 e. The number of rotatable bonds is 8. The molecule has 0 unspecified atom stereocenters. The molecule has 4 aromatic rings. The predicted octanol–water partition coefficient (Wildman–Crippen LogP) is 5.99. The van der Waals surface area contributed by atoms with Gasteiger partial charge in [-0.1, -0.05) is 54.2 Å². The van der Waals surface area contributed by atoms with Crippen LogP contribution in [0.3, 0.4) is 0 Å². The number of primary amides is 1. The van der Waals surface area contributed by atoms with Crippen molar-refractivity contribution in [2.24, 2.45) is 5.73 Å². The molecule has 0 bridgehead atoms. The average molecular weight is 507 g/mol. The number of nitrogens with two attached hydrogens (primary N) is 1. The third-order valence-electron chi connectivity index (χ3n) is 4.85. The molecular formula is C26H16F3N3O3S. The monoisotopic (exact) mass is 507 g/mol. The number of hydrogen-bond acceptors (Lipinski definition) is 6. The van der Waals surface area contributed by atoms with Gasteiger partial charge in [0.2, 0.25) is 11.7 Å². The van der Waals surface area contributed by atoms with Crippen LogP contribution in [0.2, 0.25) is 0 Å². The quantitative estimate of drug-likeness (QED) is 0.294. The van der Waals surface area contributed by atoms with Crippen molar-refractivity contribution in [3.8, 4) is 23.4 Å². The van der Waals surface area contributed by atoms with Crippen molar-refractivity contribution >= 4 is 17.7 Å². The molecule has 0 aliphatic rings. The van der Waals surface area contributed by atoms with Gasteiger partial charge in [-0.15, -0.1) is 0 Å². The van der Waals surface area contributed by atoms with Crippen LogP contribution in [0.5, 0.6) is 17.4 Å². The fourth-order valence-corrected chi connectivity index (χ4v) is 4.11. The summed E-state index contributed by atoms with van der Waals surface area (Å²) in [5, 5.41) is 9.25. The smallest absolute Gasteiger partial charge is 0.260 e. The standard InChI is InChI=1S/C26H16F3N3O3S/c27-21-23(36-20-9-5-4-8-17(20)25(31)33)22(28)26(32-24(21)29)35-19-12-16(13-30)10-11-18(19)34-14-15-6-2-1-3-7-15/h1-12H,14H2,(H2,31,33). The zero-order valence-corrected chi connectivity index (χ0v) is 19.2. The maximum absolute atomic E-state index is 15.3. The molecule has 6 nitrogen and oxygen atoms in total. The third kappa shape index (κ3) is 5.42. The maximum Gasteiger partial charge on any atom is 0.260 e. The number of halogens is 3. The summed E-state index contributed by atoms with van der Waals surface area (Å²) in [4.78, 5) is 14.3. The lowest BCUT2D eigenvalue weighted by Crippen LogP contribution is -2.12. The summed E-state index contributed by atoms with van der Waals surface area (Å²) < 4.78 is 55.5. The molecule has 0 radical (unpaired) electrons. The van der Waals surface area contributed by atoms with E-state index >= 15 is 4.39 Å². The SMILES string of the molecule is N#Cc1ccc(OCc2ccccc2)c(Oc2nc(F)c(F)c(Sc3ccccc3C(N)=O)c2F)c1. The van der Waals surface area contributed by atoms with Crippen LogP contribution >= 0.6 is 11.8 Å². The maximum atomic E-state index is 15.3. The highest BCUT2D eigenvalue weighted by Crippen LogP contribution is 2.40. The number of nitriles is 1. The zero-order valence-electron chi connectivity index (χ0n) is 18.4. The van der Waals surface area contributed by atoms with Crippen molar-refractivity contribution in [1.29, 1.82) is 5.26 Å². The molecular weight excluding hydrogens is 491 g/mol. The molecule has 10 heteroatoms. The fourth-order valence-electron chi connectivity index (χ4n) is 3.12. The Morgan fingerprint density at radius 1 is 0.972 bits per heavy atom. The van der Waals surface area contributed by atoms with Gasteiger partial charge >= 0.3 is 0 Å². The number of carbonyl (C=O) groups is 1. The van der Waals surface area contributed by atoms with Gasteiger partial charge in [0.15, 0.2) is 17.3 Å². The third-order valence-corrected chi connectivity index (χ3v) is 5.99. The van der Waals surface area contributed by atoms with Crippen LogP contribution in [0.15, 0.2) is 82.6 Å². The Kier molecular flexibility index (Phi) is 7.42. The van der Waals surface area contributed by atoms with E-state index in [2.05, 4.69) is 4.98 Å². The number of aromatic nitrogens is 1. The second-order valence-corrected chi connectivity index (χ2v) is 8.33. The van der Waals surface area contributed by atoms with Crippen LogP contribution in [-0.2, 0) is 6.61 Å². The number of hydrogen-bond donors (Lipinski definition) is 1. The van der Waals surface area contributed by atoms with Gasteiger partial charge in [0.1, 0.15) is 6.61 Å². The van der Waals surface area contributed by atoms with E-state index in [4.69, 9.17) is 15.2 Å². The highest BCUT2D eigenvalue weighted by molar-refractivity contribution is 7.99. The number of benzene rings is 3. The molecule has 0 atom stereocenters. The normalized spacial score (nSPS) is 10.5. The summed E-state index contributed by atoms with van der Waals surface area (Å²) in [5.41, 5.74) is 6.32. The summed E-state index contributed by atoms with van der Waals surface area (Å²) in [6, 6.07) is 21.1. The summed E-state index contributed by atoms with van der Waals surface area (Å²) >= 11 is 0.460. The molecule has 2 N–H and O–H groups in total. The number of ether oxygens (including phenoxy) is 2. The van der Waals surface area contributed by atoms with Crippen molar-refractivity contribution in [2.45, 2.75) is 16.4 Å². The van der Waals surface area contributed by atoms with Crippen LogP contribution in [0.1, 0.15) is 21.5 Å². The van der Waals surface area contributed by atoms with Gasteiger partial charge in [-0.05, 0) is 29.8 Å². The molecule has 0 aliphatic heterocycles. The lowest BCUT2D eigenvalue weighted by Gasteiger charge is -2.15. The Hall–Kier alpha value is -4.49. The molecule has 0 saturated carbocycles. The second kappa shape index (κ2) is 10.8. The first-order chi connectivity index (χ1) is 17.4. The zero-order chi connectivity index (χ0) is 25.7. The lowest BCUT2D eigenvalue weighted by atomic mass is 10.2. The van der Waals surface area contributed by atoms with Crippen molar-refractivity contribution in [3.05, 3.63) is 107 Å². The summed E-state index contributed by atoms with van der Waals surface area (Å²) in [7, 11) is 0. The van der Waals surface area contributed by atoms with E-state index in [0.29, 0.717) is 11.8 Å². The Morgan fingerprint density at radius 2 is 1.69 bits per heavy atom. The molecule has 180 valence electrons. The van der Waals surface area contributed by atoms with E-state index in [1.54, 1.807) is 0 Å². The number of carbonyl (C=O) groups excluding carboxylic acids is 1. The summed E-state index contributed by atoms with van der Waals surface area (Å²) in [5.74, 6) is -6.20. The number of nitrogens with zero attached hydrogens (tertiary/aromatic N) is 2. The summed E-state index contributed by atoms with van der Waals surface area (Å²) in [6.45, 7) is 0.127. The fraction of sp³-hybridized carbons (Fsp3) is 0.0385. The van der Waals surface area contributed by atoms with Gasteiger partial charge in [0, 0.05) is 11.0 Å². The van der Waals surface area contributed by atoms with E-state index in [1.165, 1.54) is 42.5 Å². The molecule has 0 fully saturated rings. The molecule has 0 aliphatic carbocycles. The Bertz CT molecular complexity index is 1480. The first kappa shape index (κ1) is 24.6. The van der Waals surface area contributed by atoms with Gasteiger partial charge in [-0.3, -0.25) is 4.79 Å². The first-order valence-corrected chi connectivity index (χ1v) is 11.2. The van der Waals surface area contributed by atoms with Crippen molar-refractivity contribution in [1.82, 2.24) is 4.98 Å². The van der Waals surface area contributed by atoms with Gasteiger partial charge in [-0.2, -0.15) is 19.0 Å². The number of amides is 1. The Labute approximate surface area is 208 Å². The summed E-state index contributed by atoms with van der Waals surface area (Å²) in [6.07, 6.45) is 0. The minimum absolute atomic E-state index is 0.000640. The topological polar surface area (TPSA) is 98.2 Å². The van der Waals surface area contributed by atoms with Crippen molar-refractivity contribution < 1.29 is 27.4 Å². The second-order valence-electron chi connectivity index (χ2n) is 7.28.